The van der Waals surface area contributed by atoms with Crippen LogP contribution in [0.1, 0.15) is 0 Å². The summed E-state index contributed by atoms with van der Waals surface area (Å²) < 4.78 is 37.6. The first-order chi connectivity index (χ1) is 9.83. The fourth-order valence-corrected chi connectivity index (χ4v) is 2.24. The van der Waals surface area contributed by atoms with Crippen LogP contribution in [0.2, 0.25) is 0 Å². The number of nitrogens with zero attached hydrogens (tertiary/aromatic N) is 3. The Kier molecular flexibility index (Phi) is 5.04. The van der Waals surface area contributed by atoms with E-state index in [0.29, 0.717) is 5.82 Å². The molecule has 0 bridgehead atoms. The van der Waals surface area contributed by atoms with E-state index >= 15 is 0 Å². The van der Waals surface area contributed by atoms with Gasteiger partial charge in [-0.05, 0) is 28.1 Å². The van der Waals surface area contributed by atoms with Crippen molar-refractivity contribution in [3.8, 4) is 0 Å². The summed E-state index contributed by atoms with van der Waals surface area (Å²) in [6.45, 7) is 0.00893. The minimum atomic E-state index is -4.20. The molecule has 1 aromatic rings. The molecule has 0 unspecified atom stereocenters. The Morgan fingerprint density at radius 2 is 1.95 bits per heavy atom. The van der Waals surface area contributed by atoms with Gasteiger partial charge in [-0.1, -0.05) is 0 Å². The van der Waals surface area contributed by atoms with Crippen molar-refractivity contribution in [3.63, 3.8) is 0 Å². The molecule has 0 radical (unpaired) electrons. The molecule has 9 heteroatoms. The SMILES string of the molecule is O=C(Nc1ccc(Br)cn1)N1CCN(CC(F)(F)F)CC1. The van der Waals surface area contributed by atoms with Crippen molar-refractivity contribution >= 4 is 27.8 Å². The van der Waals surface area contributed by atoms with Gasteiger partial charge in [-0.25, -0.2) is 9.78 Å². The Hall–Kier alpha value is -1.35. The van der Waals surface area contributed by atoms with Crippen LogP contribution in [-0.4, -0.2) is 59.7 Å². The van der Waals surface area contributed by atoms with E-state index in [9.17, 15) is 18.0 Å². The molecule has 1 fully saturated rings. The van der Waals surface area contributed by atoms with Crippen molar-refractivity contribution in [2.24, 2.45) is 0 Å². The van der Waals surface area contributed by atoms with Crippen molar-refractivity contribution in [3.05, 3.63) is 22.8 Å². The third kappa shape index (κ3) is 5.16. The third-order valence-corrected chi connectivity index (χ3v) is 3.49. The Bertz CT molecular complexity index is 486. The third-order valence-electron chi connectivity index (χ3n) is 3.02. The number of hydrogen-bond acceptors (Lipinski definition) is 3. The highest BCUT2D eigenvalue weighted by Gasteiger charge is 2.32. The van der Waals surface area contributed by atoms with E-state index in [-0.39, 0.29) is 32.2 Å². The van der Waals surface area contributed by atoms with E-state index in [1.807, 2.05) is 0 Å². The summed E-state index contributed by atoms with van der Waals surface area (Å²) in [6, 6.07) is 3.03. The van der Waals surface area contributed by atoms with E-state index < -0.39 is 12.7 Å². The first-order valence-electron chi connectivity index (χ1n) is 6.30. The van der Waals surface area contributed by atoms with Crippen LogP contribution in [0.15, 0.2) is 22.8 Å². The Morgan fingerprint density at radius 1 is 1.29 bits per heavy atom. The lowest BCUT2D eigenvalue weighted by Gasteiger charge is -2.34. The first kappa shape index (κ1) is 16.0. The van der Waals surface area contributed by atoms with Gasteiger partial charge in [-0.15, -0.1) is 0 Å². The van der Waals surface area contributed by atoms with E-state index in [1.165, 1.54) is 9.80 Å². The number of nitrogens with one attached hydrogen (secondary N) is 1. The summed E-state index contributed by atoms with van der Waals surface area (Å²) in [7, 11) is 0. The van der Waals surface area contributed by atoms with Crippen LogP contribution in [0, 0.1) is 0 Å². The van der Waals surface area contributed by atoms with Crippen LogP contribution in [0.25, 0.3) is 0 Å². The number of halogens is 4. The lowest BCUT2D eigenvalue weighted by molar-refractivity contribution is -0.148. The predicted molar refractivity (Wildman–Crippen MR) is 75.0 cm³/mol. The zero-order valence-electron chi connectivity index (χ0n) is 11.0. The minimum Gasteiger partial charge on any atom is -0.322 e. The molecule has 1 aromatic heterocycles. The summed E-state index contributed by atoms with van der Waals surface area (Å²) in [4.78, 5) is 18.8. The molecule has 21 heavy (non-hydrogen) atoms. The van der Waals surface area contributed by atoms with Gasteiger partial charge < -0.3 is 4.90 Å². The second-order valence-corrected chi connectivity index (χ2v) is 5.59. The standard InChI is InChI=1S/C12H14BrF3N4O/c13-9-1-2-10(17-7-9)18-11(21)20-5-3-19(4-6-20)8-12(14,15)16/h1-2,7H,3-6,8H2,(H,17,18,21). The van der Waals surface area contributed by atoms with Gasteiger partial charge in [0.25, 0.3) is 0 Å². The number of anilines is 1. The Morgan fingerprint density at radius 3 is 2.48 bits per heavy atom. The monoisotopic (exact) mass is 366 g/mol. The van der Waals surface area contributed by atoms with Crippen LogP contribution in [-0.2, 0) is 0 Å². The fraction of sp³-hybridized carbons (Fsp3) is 0.500. The average molecular weight is 367 g/mol. The van der Waals surface area contributed by atoms with Crippen molar-refractivity contribution in [1.82, 2.24) is 14.8 Å². The molecule has 1 N–H and O–H groups in total. The van der Waals surface area contributed by atoms with Gasteiger partial charge in [0.15, 0.2) is 0 Å². The minimum absolute atomic E-state index is 0.209. The van der Waals surface area contributed by atoms with Gasteiger partial charge in [0.1, 0.15) is 5.82 Å². The topological polar surface area (TPSA) is 48.5 Å². The van der Waals surface area contributed by atoms with Crippen molar-refractivity contribution in [2.75, 3.05) is 38.0 Å². The molecule has 0 atom stereocenters. The lowest BCUT2D eigenvalue weighted by atomic mass is 10.3. The zero-order chi connectivity index (χ0) is 15.5. The molecule has 0 saturated carbocycles. The van der Waals surface area contributed by atoms with Gasteiger partial charge >= 0.3 is 12.2 Å². The molecule has 2 rings (SSSR count). The lowest BCUT2D eigenvalue weighted by Crippen LogP contribution is -2.52. The smallest absolute Gasteiger partial charge is 0.322 e. The van der Waals surface area contributed by atoms with Crippen LogP contribution < -0.4 is 5.32 Å². The van der Waals surface area contributed by atoms with Crippen LogP contribution >= 0.6 is 15.9 Å². The number of hydrogen-bond donors (Lipinski definition) is 1. The highest BCUT2D eigenvalue weighted by Crippen LogP contribution is 2.18. The number of urea groups is 1. The summed E-state index contributed by atoms with van der Waals surface area (Å²) in [5.74, 6) is 0.404. The summed E-state index contributed by atoms with van der Waals surface area (Å²) in [5.41, 5.74) is 0. The number of piperazine rings is 1. The highest BCUT2D eigenvalue weighted by atomic mass is 79.9. The molecule has 1 saturated heterocycles. The van der Waals surface area contributed by atoms with Crippen LogP contribution in [0.3, 0.4) is 0 Å². The maximum atomic E-state index is 12.3. The molecule has 0 aromatic carbocycles. The first-order valence-corrected chi connectivity index (χ1v) is 7.09. The summed E-state index contributed by atoms with van der Waals surface area (Å²) in [6.07, 6.45) is -2.65. The number of carbonyl (C=O) groups is 1. The second kappa shape index (κ2) is 6.61. The number of alkyl halides is 3. The van der Waals surface area contributed by atoms with Crippen LogP contribution in [0.5, 0.6) is 0 Å². The molecule has 0 aliphatic carbocycles. The molecule has 0 spiro atoms. The number of rotatable bonds is 2. The Balaban J connectivity index is 1.81. The quantitative estimate of drug-likeness (QED) is 0.874. The van der Waals surface area contributed by atoms with Crippen molar-refractivity contribution in [1.29, 1.82) is 0 Å². The average Bonchev–Trinajstić information content (AvgIpc) is 2.40. The molecule has 1 aliphatic heterocycles. The van der Waals surface area contributed by atoms with Crippen molar-refractivity contribution < 1.29 is 18.0 Å². The van der Waals surface area contributed by atoms with Gasteiger partial charge in [0, 0.05) is 36.8 Å². The van der Waals surface area contributed by atoms with Gasteiger partial charge in [0.2, 0.25) is 0 Å². The second-order valence-electron chi connectivity index (χ2n) is 4.67. The van der Waals surface area contributed by atoms with E-state index in [0.717, 1.165) is 4.47 Å². The van der Waals surface area contributed by atoms with Gasteiger partial charge in [-0.2, -0.15) is 13.2 Å². The summed E-state index contributed by atoms with van der Waals surface area (Å²) in [5, 5.41) is 2.62. The maximum Gasteiger partial charge on any atom is 0.401 e. The maximum absolute atomic E-state index is 12.3. The molecule has 116 valence electrons. The van der Waals surface area contributed by atoms with E-state index in [1.54, 1.807) is 18.3 Å². The number of aromatic nitrogens is 1. The number of amides is 2. The molecular weight excluding hydrogens is 353 g/mol. The number of pyridine rings is 1. The molecular formula is C12H14BrF3N4O. The van der Waals surface area contributed by atoms with Gasteiger partial charge in [0.05, 0.1) is 6.54 Å². The fourth-order valence-electron chi connectivity index (χ4n) is 2.00. The number of carbonyl (C=O) groups excluding carboxylic acids is 1. The van der Waals surface area contributed by atoms with E-state index in [4.69, 9.17) is 0 Å². The van der Waals surface area contributed by atoms with E-state index in [2.05, 4.69) is 26.2 Å². The largest absolute Gasteiger partial charge is 0.401 e. The highest BCUT2D eigenvalue weighted by molar-refractivity contribution is 9.10. The normalized spacial score (nSPS) is 16.9. The van der Waals surface area contributed by atoms with Gasteiger partial charge in [-0.3, -0.25) is 10.2 Å². The van der Waals surface area contributed by atoms with Crippen LogP contribution in [0.4, 0.5) is 23.8 Å². The predicted octanol–water partition coefficient (Wildman–Crippen LogP) is 2.56. The zero-order valence-corrected chi connectivity index (χ0v) is 12.6. The molecule has 2 heterocycles. The summed E-state index contributed by atoms with van der Waals surface area (Å²) >= 11 is 3.24. The van der Waals surface area contributed by atoms with Crippen molar-refractivity contribution in [2.45, 2.75) is 6.18 Å². The molecule has 5 nitrogen and oxygen atoms in total. The molecule has 1 aliphatic rings. The molecule has 2 amide bonds. The Labute approximate surface area is 128 Å².